The Kier molecular flexibility index (Phi) is 5.70. The normalized spacial score (nSPS) is 14.6. The molecule has 4 rings (SSSR count). The Hall–Kier alpha value is -3.01. The number of halogens is 1. The van der Waals surface area contributed by atoms with Crippen LogP contribution in [0.5, 0.6) is 0 Å². The van der Waals surface area contributed by atoms with E-state index in [1.165, 1.54) is 13.3 Å². The summed E-state index contributed by atoms with van der Waals surface area (Å²) in [6.45, 7) is 3.18. The molecule has 1 saturated heterocycles. The van der Waals surface area contributed by atoms with Gasteiger partial charge in [-0.3, -0.25) is 9.48 Å². The molecule has 1 aliphatic rings. The largest absolute Gasteiger partial charge is 0.341 e. The zero-order valence-electron chi connectivity index (χ0n) is 15.9. The highest BCUT2D eigenvalue weighted by Gasteiger charge is 2.23. The van der Waals surface area contributed by atoms with Gasteiger partial charge in [0.15, 0.2) is 0 Å². The number of carbonyl (C=O) groups excluding carboxylic acids is 1. The summed E-state index contributed by atoms with van der Waals surface area (Å²) in [6.07, 6.45) is 7.29. The summed E-state index contributed by atoms with van der Waals surface area (Å²) in [5.74, 6) is 1.00. The van der Waals surface area contributed by atoms with E-state index < -0.39 is 0 Å². The van der Waals surface area contributed by atoms with Crippen molar-refractivity contribution in [3.8, 4) is 0 Å². The van der Waals surface area contributed by atoms with Crippen LogP contribution < -0.4 is 15.5 Å². The maximum atomic E-state index is 11.2. The number of nitrogens with one attached hydrogen (secondary N) is 2. The summed E-state index contributed by atoms with van der Waals surface area (Å²) in [5, 5.41) is 10.3. The minimum absolute atomic E-state index is 0.115. The molecule has 2 N–H and O–H groups in total. The van der Waals surface area contributed by atoms with Crippen molar-refractivity contribution in [3.63, 3.8) is 0 Å². The number of nitrogens with zero attached hydrogens (tertiary/aromatic N) is 6. The fourth-order valence-electron chi connectivity index (χ4n) is 3.35. The van der Waals surface area contributed by atoms with E-state index in [4.69, 9.17) is 0 Å². The SMILES string of the molecule is CC(=O)Nc1cccc(Nc2ncnc(N3CCC(n4cc(Br)cn4)CC3)n2)c1. The summed E-state index contributed by atoms with van der Waals surface area (Å²) in [6, 6.07) is 7.79. The molecule has 1 aliphatic heterocycles. The molecule has 2 aromatic heterocycles. The average Bonchev–Trinajstić information content (AvgIpc) is 3.14. The minimum Gasteiger partial charge on any atom is -0.341 e. The number of benzene rings is 1. The molecule has 29 heavy (non-hydrogen) atoms. The Bertz CT molecular complexity index is 999. The molecule has 0 bridgehead atoms. The van der Waals surface area contributed by atoms with Gasteiger partial charge in [0.2, 0.25) is 17.8 Å². The molecule has 0 spiro atoms. The number of carbonyl (C=O) groups is 1. The third-order valence-electron chi connectivity index (χ3n) is 4.69. The van der Waals surface area contributed by atoms with Crippen molar-refractivity contribution in [2.45, 2.75) is 25.8 Å². The van der Waals surface area contributed by atoms with Crippen LogP contribution in [0.3, 0.4) is 0 Å². The van der Waals surface area contributed by atoms with E-state index in [-0.39, 0.29) is 5.91 Å². The van der Waals surface area contributed by atoms with Crippen molar-refractivity contribution in [2.24, 2.45) is 0 Å². The van der Waals surface area contributed by atoms with Gasteiger partial charge in [0.25, 0.3) is 0 Å². The van der Waals surface area contributed by atoms with Gasteiger partial charge in [0, 0.05) is 37.6 Å². The predicted molar refractivity (Wildman–Crippen MR) is 114 cm³/mol. The molecule has 1 aromatic carbocycles. The van der Waals surface area contributed by atoms with Crippen LogP contribution in [-0.4, -0.2) is 43.7 Å². The van der Waals surface area contributed by atoms with Crippen LogP contribution in [0, 0.1) is 0 Å². The Morgan fingerprint density at radius 3 is 2.72 bits per heavy atom. The first-order valence-electron chi connectivity index (χ1n) is 9.35. The Labute approximate surface area is 176 Å². The van der Waals surface area contributed by atoms with Crippen molar-refractivity contribution in [2.75, 3.05) is 28.6 Å². The van der Waals surface area contributed by atoms with Gasteiger partial charge >= 0.3 is 0 Å². The third kappa shape index (κ3) is 4.89. The zero-order valence-corrected chi connectivity index (χ0v) is 17.5. The summed E-state index contributed by atoms with van der Waals surface area (Å²) in [7, 11) is 0. The standard InChI is InChI=1S/C19H21BrN8O/c1-13(29)24-15-3-2-4-16(9-15)25-18-21-12-22-19(26-18)27-7-5-17(6-8-27)28-11-14(20)10-23-28/h2-4,9-12,17H,5-8H2,1H3,(H,24,29)(H,21,22,25,26). The average molecular weight is 457 g/mol. The lowest BCUT2D eigenvalue weighted by Crippen LogP contribution is -2.36. The molecule has 0 atom stereocenters. The van der Waals surface area contributed by atoms with E-state index in [2.05, 4.69) is 51.5 Å². The molecule has 1 amide bonds. The van der Waals surface area contributed by atoms with Gasteiger partial charge in [-0.1, -0.05) is 6.07 Å². The third-order valence-corrected chi connectivity index (χ3v) is 5.10. The Morgan fingerprint density at radius 2 is 2.00 bits per heavy atom. The molecule has 0 unspecified atom stereocenters. The van der Waals surface area contributed by atoms with Crippen LogP contribution in [0.4, 0.5) is 23.3 Å². The summed E-state index contributed by atoms with van der Waals surface area (Å²) >= 11 is 3.45. The molecule has 150 valence electrons. The molecule has 1 fully saturated rings. The quantitative estimate of drug-likeness (QED) is 0.606. The highest BCUT2D eigenvalue weighted by molar-refractivity contribution is 9.10. The highest BCUT2D eigenvalue weighted by Crippen LogP contribution is 2.26. The van der Waals surface area contributed by atoms with Gasteiger partial charge in [-0.15, -0.1) is 0 Å². The first-order valence-corrected chi connectivity index (χ1v) is 10.1. The minimum atomic E-state index is -0.115. The molecule has 0 radical (unpaired) electrons. The van der Waals surface area contributed by atoms with E-state index >= 15 is 0 Å². The van der Waals surface area contributed by atoms with Gasteiger partial charge in [-0.2, -0.15) is 10.1 Å². The monoisotopic (exact) mass is 456 g/mol. The molecular formula is C19H21BrN8O. The van der Waals surface area contributed by atoms with Crippen LogP contribution in [0.25, 0.3) is 0 Å². The summed E-state index contributed by atoms with van der Waals surface area (Å²) in [4.78, 5) is 26.5. The van der Waals surface area contributed by atoms with Crippen LogP contribution in [0.1, 0.15) is 25.8 Å². The first-order chi connectivity index (χ1) is 14.1. The summed E-state index contributed by atoms with van der Waals surface area (Å²) < 4.78 is 3.01. The second kappa shape index (κ2) is 8.56. The maximum Gasteiger partial charge on any atom is 0.231 e. The van der Waals surface area contributed by atoms with Crippen molar-refractivity contribution in [3.05, 3.63) is 47.5 Å². The molecule has 0 aliphatic carbocycles. The number of anilines is 4. The number of rotatable bonds is 5. The van der Waals surface area contributed by atoms with Gasteiger partial charge in [-0.05, 0) is 47.0 Å². The Balaban J connectivity index is 1.41. The van der Waals surface area contributed by atoms with Gasteiger partial charge < -0.3 is 15.5 Å². The molecule has 3 heterocycles. The van der Waals surface area contributed by atoms with E-state index in [0.717, 1.165) is 36.1 Å². The van der Waals surface area contributed by atoms with Crippen LogP contribution in [0.15, 0.2) is 47.5 Å². The fourth-order valence-corrected chi connectivity index (χ4v) is 3.65. The molecule has 3 aromatic rings. The second-order valence-electron chi connectivity index (χ2n) is 6.85. The lowest BCUT2D eigenvalue weighted by atomic mass is 10.1. The molecule has 10 heteroatoms. The van der Waals surface area contributed by atoms with Crippen molar-refractivity contribution in [1.29, 1.82) is 0 Å². The zero-order chi connectivity index (χ0) is 20.2. The number of hydrogen-bond acceptors (Lipinski definition) is 7. The summed E-state index contributed by atoms with van der Waals surface area (Å²) in [5.41, 5.74) is 1.50. The fraction of sp³-hybridized carbons (Fsp3) is 0.316. The van der Waals surface area contributed by atoms with Crippen LogP contribution in [-0.2, 0) is 4.79 Å². The predicted octanol–water partition coefficient (Wildman–Crippen LogP) is 3.37. The van der Waals surface area contributed by atoms with Crippen molar-refractivity contribution in [1.82, 2.24) is 24.7 Å². The number of hydrogen-bond donors (Lipinski definition) is 2. The van der Waals surface area contributed by atoms with Crippen LogP contribution in [0.2, 0.25) is 0 Å². The smallest absolute Gasteiger partial charge is 0.231 e. The van der Waals surface area contributed by atoms with E-state index in [1.54, 1.807) is 0 Å². The van der Waals surface area contributed by atoms with Gasteiger partial charge in [0.05, 0.1) is 16.7 Å². The molecule has 9 nitrogen and oxygen atoms in total. The molecule has 0 saturated carbocycles. The second-order valence-corrected chi connectivity index (χ2v) is 7.77. The maximum absolute atomic E-state index is 11.2. The Morgan fingerprint density at radius 1 is 1.21 bits per heavy atom. The van der Waals surface area contributed by atoms with Crippen LogP contribution >= 0.6 is 15.9 Å². The topological polar surface area (TPSA) is 101 Å². The highest BCUT2D eigenvalue weighted by atomic mass is 79.9. The van der Waals surface area contributed by atoms with Crippen molar-refractivity contribution < 1.29 is 4.79 Å². The van der Waals surface area contributed by atoms with E-state index in [9.17, 15) is 4.79 Å². The lowest BCUT2D eigenvalue weighted by molar-refractivity contribution is -0.114. The molecular weight excluding hydrogens is 436 g/mol. The van der Waals surface area contributed by atoms with Gasteiger partial charge in [0.1, 0.15) is 6.33 Å². The number of piperidine rings is 1. The first kappa shape index (κ1) is 19.3. The van der Waals surface area contributed by atoms with Gasteiger partial charge in [-0.25, -0.2) is 9.97 Å². The lowest BCUT2D eigenvalue weighted by Gasteiger charge is -2.32. The number of amides is 1. The van der Waals surface area contributed by atoms with Crippen molar-refractivity contribution >= 4 is 45.1 Å². The number of aromatic nitrogens is 5. The van der Waals surface area contributed by atoms with E-state index in [1.807, 2.05) is 41.3 Å². The van der Waals surface area contributed by atoms with E-state index in [0.29, 0.717) is 23.6 Å².